The summed E-state index contributed by atoms with van der Waals surface area (Å²) < 4.78 is 23.6. The molecule has 0 amide bonds. The van der Waals surface area contributed by atoms with Crippen LogP contribution in [0.3, 0.4) is 0 Å². The number of hydrogen-bond donors (Lipinski definition) is 0. The summed E-state index contributed by atoms with van der Waals surface area (Å²) in [6.45, 7) is 24.2. The van der Waals surface area contributed by atoms with Crippen molar-refractivity contribution in [2.24, 2.45) is 5.41 Å². The second kappa shape index (κ2) is 17.6. The Morgan fingerprint density at radius 2 is 1.30 bits per heavy atom. The minimum Gasteiger partial charge on any atom is -0.469 e. The van der Waals surface area contributed by atoms with E-state index < -0.39 is 8.07 Å². The average molecular weight is 987 g/mol. The molecule has 0 aliphatic carbocycles. The number of hydrogen-bond acceptors (Lipinski definition) is 1. The number of furan rings is 1. The van der Waals surface area contributed by atoms with Crippen LogP contribution in [0.15, 0.2) is 138 Å². The minimum absolute atomic E-state index is 0. The van der Waals surface area contributed by atoms with Gasteiger partial charge in [-0.2, -0.15) is 31.0 Å². The van der Waals surface area contributed by atoms with Gasteiger partial charge in [-0.25, -0.2) is 4.39 Å². The Morgan fingerprint density at radius 3 is 2.00 bits per heavy atom. The number of pyridine rings is 2. The van der Waals surface area contributed by atoms with Gasteiger partial charge in [0.2, 0.25) is 0 Å². The van der Waals surface area contributed by atoms with Crippen LogP contribution in [0, 0.1) is 46.1 Å². The first-order chi connectivity index (χ1) is 27.9. The number of aryl methyl sites for hydroxylation is 1. The van der Waals surface area contributed by atoms with E-state index in [9.17, 15) is 4.39 Å². The fourth-order valence-electron chi connectivity index (χ4n) is 7.74. The molecule has 1 radical (unpaired) electrons. The molecule has 5 aromatic carbocycles. The molecule has 6 heteroatoms. The van der Waals surface area contributed by atoms with E-state index >= 15 is 0 Å². The van der Waals surface area contributed by atoms with Gasteiger partial charge >= 0.3 is 0 Å². The van der Waals surface area contributed by atoms with Crippen molar-refractivity contribution < 1.29 is 38.0 Å². The molecule has 0 aliphatic rings. The molecular formula is C54H55FIrN2OSi-2. The van der Waals surface area contributed by atoms with Gasteiger partial charge in [-0.05, 0) is 65.1 Å². The summed E-state index contributed by atoms with van der Waals surface area (Å²) >= 11 is 0. The number of rotatable bonds is 7. The molecule has 0 fully saturated rings. The summed E-state index contributed by atoms with van der Waals surface area (Å²) in [7, 11) is 6.98. The van der Waals surface area contributed by atoms with Gasteiger partial charge in [0, 0.05) is 45.0 Å². The number of halogens is 1. The largest absolute Gasteiger partial charge is 0.469 e. The van der Waals surface area contributed by atoms with Crippen LogP contribution in [-0.2, 0) is 32.9 Å². The van der Waals surface area contributed by atoms with Crippen LogP contribution in [0.25, 0.3) is 55.6 Å². The van der Waals surface area contributed by atoms with Gasteiger partial charge in [0.25, 0.3) is 0 Å². The fraction of sp³-hybridized carbons (Fsp3) is 0.185. The smallest absolute Gasteiger partial charge is 0.134 e. The third kappa shape index (κ3) is 9.91. The van der Waals surface area contributed by atoms with Crippen molar-refractivity contribution in [1.29, 1.82) is 0 Å². The van der Waals surface area contributed by atoms with Gasteiger partial charge < -0.3 is 13.6 Å². The minimum atomic E-state index is -1.36. The first kappa shape index (κ1) is 44.0. The molecule has 0 atom stereocenters. The standard InChI is InChI=1S/C38H36NO.C16H19FNSi.Ir/c1-25-17-36-34(22-33(25)35-20-31(23-38(3,4)5)26(2)24-39(35)6)32-16-15-30(21-37(32)40-36)29-14-10-13-28(19-29)18-27-11-8-7-9-12-27;1-12-6-7-13(17)10-15(12)16-9-8-14(11-18(16)2)19(3,4)5;/h7-17,19-22,24H,1,6,18,23H2,2-5H3;6-11H,1-2H2,3-5H3;/q2*-1;. The molecule has 0 aliphatic heterocycles. The Bertz CT molecular complexity index is 2810. The predicted molar refractivity (Wildman–Crippen MR) is 247 cm³/mol. The molecule has 0 unspecified atom stereocenters. The van der Waals surface area contributed by atoms with E-state index in [1.807, 2.05) is 21.4 Å². The van der Waals surface area contributed by atoms with Crippen LogP contribution in [-0.4, -0.2) is 8.07 Å². The van der Waals surface area contributed by atoms with Crippen molar-refractivity contribution in [2.45, 2.75) is 60.2 Å². The van der Waals surface area contributed by atoms with E-state index in [2.05, 4.69) is 179 Å². The van der Waals surface area contributed by atoms with Crippen molar-refractivity contribution in [3.05, 3.63) is 201 Å². The number of nitrogens with zero attached hydrogens (tertiary/aromatic N) is 2. The Kier molecular flexibility index (Phi) is 12.9. The van der Waals surface area contributed by atoms with Crippen LogP contribution in [0.1, 0.15) is 54.2 Å². The summed E-state index contributed by atoms with van der Waals surface area (Å²) in [5.41, 5.74) is 15.1. The van der Waals surface area contributed by atoms with E-state index in [0.29, 0.717) is 0 Å². The van der Waals surface area contributed by atoms with Crippen molar-refractivity contribution in [1.82, 2.24) is 0 Å². The first-order valence-electron chi connectivity index (χ1n) is 20.2. The normalized spacial score (nSPS) is 11.6. The van der Waals surface area contributed by atoms with E-state index in [-0.39, 0.29) is 31.3 Å². The molecule has 8 rings (SSSR count). The van der Waals surface area contributed by atoms with E-state index in [4.69, 9.17) is 4.42 Å². The van der Waals surface area contributed by atoms with Gasteiger partial charge in [-0.3, -0.25) is 0 Å². The van der Waals surface area contributed by atoms with E-state index in [1.165, 1.54) is 45.1 Å². The zero-order valence-electron chi connectivity index (χ0n) is 36.0. The zero-order chi connectivity index (χ0) is 42.2. The summed E-state index contributed by atoms with van der Waals surface area (Å²) in [6, 6.07) is 41.3. The van der Waals surface area contributed by atoms with Gasteiger partial charge in [0.15, 0.2) is 0 Å². The quantitative estimate of drug-likeness (QED) is 0.0885. The van der Waals surface area contributed by atoms with Crippen LogP contribution in [0.5, 0.6) is 0 Å². The second-order valence-corrected chi connectivity index (χ2v) is 23.2. The Labute approximate surface area is 371 Å². The van der Waals surface area contributed by atoms with Crippen LogP contribution in [0.4, 0.5) is 4.39 Å². The Hall–Kier alpha value is -5.52. The summed E-state index contributed by atoms with van der Waals surface area (Å²) in [4.78, 5) is 0. The van der Waals surface area contributed by atoms with Crippen molar-refractivity contribution in [2.75, 3.05) is 0 Å². The molecule has 60 heavy (non-hydrogen) atoms. The molecule has 309 valence electrons. The molecule has 3 nitrogen and oxygen atoms in total. The molecule has 3 aromatic heterocycles. The number of fused-ring (bicyclic) bond motifs is 3. The maximum atomic E-state index is 13.4. The maximum Gasteiger partial charge on any atom is 0.134 e. The van der Waals surface area contributed by atoms with Gasteiger partial charge in [-0.15, -0.1) is 23.3 Å². The molecule has 0 saturated heterocycles. The number of benzene rings is 5. The topological polar surface area (TPSA) is 20.9 Å². The van der Waals surface area contributed by atoms with Crippen LogP contribution in [0.2, 0.25) is 19.6 Å². The van der Waals surface area contributed by atoms with Gasteiger partial charge in [-0.1, -0.05) is 142 Å². The maximum absolute atomic E-state index is 13.4. The van der Waals surface area contributed by atoms with Crippen LogP contribution >= 0.6 is 0 Å². The molecule has 0 bridgehead atoms. The predicted octanol–water partition coefficient (Wildman–Crippen LogP) is 12.7. The molecular weight excluding hydrogens is 932 g/mol. The van der Waals surface area contributed by atoms with Gasteiger partial charge in [0.1, 0.15) is 5.58 Å². The fourth-order valence-corrected chi connectivity index (χ4v) is 8.86. The van der Waals surface area contributed by atoms with Crippen molar-refractivity contribution in [3.63, 3.8) is 0 Å². The van der Waals surface area contributed by atoms with E-state index in [1.54, 1.807) is 6.07 Å². The SMILES string of the molecule is [CH2-]c1cc2oc3cc(-c4cccc(Cc5ccccc5)c4)ccc3c2cc1-c1cc(CC(C)(C)C)c(C)c[n+]1[CH2-].[CH2-]c1ccc(F)cc1-c1ccc([Si](C)(C)C)c[n+]1[CH2-].[Ir]. The zero-order valence-corrected chi connectivity index (χ0v) is 39.4. The molecule has 0 saturated carbocycles. The van der Waals surface area contributed by atoms with Gasteiger partial charge in [0.05, 0.1) is 43.3 Å². The van der Waals surface area contributed by atoms with Crippen LogP contribution < -0.4 is 14.3 Å². The summed E-state index contributed by atoms with van der Waals surface area (Å²) in [5.74, 6) is -0.253. The molecule has 3 heterocycles. The molecule has 0 N–H and O–H groups in total. The monoisotopic (exact) mass is 987 g/mol. The average Bonchev–Trinajstić information content (AvgIpc) is 3.53. The molecule has 0 spiro atoms. The summed E-state index contributed by atoms with van der Waals surface area (Å²) in [5, 5.41) is 3.53. The van der Waals surface area contributed by atoms with Crippen molar-refractivity contribution in [3.8, 4) is 33.6 Å². The third-order valence-electron chi connectivity index (χ3n) is 10.9. The summed E-state index contributed by atoms with van der Waals surface area (Å²) in [6.07, 6.45) is 6.10. The molecule has 8 aromatic rings. The van der Waals surface area contributed by atoms with Crippen molar-refractivity contribution >= 4 is 35.2 Å². The van der Waals surface area contributed by atoms with E-state index in [0.717, 1.165) is 74.0 Å². The third-order valence-corrected chi connectivity index (χ3v) is 12.9. The Morgan fingerprint density at radius 1 is 0.633 bits per heavy atom. The second-order valence-electron chi connectivity index (χ2n) is 18.1. The number of aromatic nitrogens is 2. The Balaban J connectivity index is 0.000000254. The first-order valence-corrected chi connectivity index (χ1v) is 23.7.